The van der Waals surface area contributed by atoms with Gasteiger partial charge < -0.3 is 5.73 Å². The standard InChI is InChI=1S/C14H16BrF2N3/c1-3-8-7-11(20(4-2)19-8)14(18)12-10(16)6-5-9(15)13(12)17/h5-7,14H,3-4,18H2,1-2H3. The lowest BCUT2D eigenvalue weighted by Gasteiger charge is -2.16. The molecule has 1 aromatic heterocycles. The Morgan fingerprint density at radius 1 is 1.35 bits per heavy atom. The molecule has 1 unspecified atom stereocenters. The Hall–Kier alpha value is -1.27. The number of rotatable bonds is 4. The van der Waals surface area contributed by atoms with Crippen molar-refractivity contribution in [1.82, 2.24) is 9.78 Å². The van der Waals surface area contributed by atoms with Gasteiger partial charge in [0.25, 0.3) is 0 Å². The number of halogens is 3. The molecule has 2 N–H and O–H groups in total. The van der Waals surface area contributed by atoms with Crippen LogP contribution < -0.4 is 5.73 Å². The first kappa shape index (κ1) is 15.1. The molecule has 0 bridgehead atoms. The van der Waals surface area contributed by atoms with E-state index in [-0.39, 0.29) is 10.0 Å². The molecule has 1 heterocycles. The third-order valence-corrected chi connectivity index (χ3v) is 3.85. The molecule has 20 heavy (non-hydrogen) atoms. The van der Waals surface area contributed by atoms with Gasteiger partial charge in [0.2, 0.25) is 0 Å². The zero-order chi connectivity index (χ0) is 14.9. The molecular weight excluding hydrogens is 328 g/mol. The van der Waals surface area contributed by atoms with Crippen LogP contribution in [-0.2, 0) is 13.0 Å². The minimum atomic E-state index is -0.889. The van der Waals surface area contributed by atoms with E-state index in [1.54, 1.807) is 10.7 Å². The van der Waals surface area contributed by atoms with Gasteiger partial charge in [-0.1, -0.05) is 6.92 Å². The average molecular weight is 344 g/mol. The van der Waals surface area contributed by atoms with Gasteiger partial charge in [-0.2, -0.15) is 5.10 Å². The van der Waals surface area contributed by atoms with E-state index in [2.05, 4.69) is 21.0 Å². The third-order valence-electron chi connectivity index (χ3n) is 3.23. The van der Waals surface area contributed by atoms with Crippen LogP contribution in [0, 0.1) is 11.6 Å². The van der Waals surface area contributed by atoms with E-state index in [4.69, 9.17) is 5.73 Å². The van der Waals surface area contributed by atoms with Crippen LogP contribution in [0.2, 0.25) is 0 Å². The molecule has 3 nitrogen and oxygen atoms in total. The number of hydrogen-bond donors (Lipinski definition) is 1. The van der Waals surface area contributed by atoms with Gasteiger partial charge in [0, 0.05) is 12.1 Å². The summed E-state index contributed by atoms with van der Waals surface area (Å²) in [4.78, 5) is 0. The van der Waals surface area contributed by atoms with Crippen LogP contribution in [0.4, 0.5) is 8.78 Å². The molecule has 0 fully saturated rings. The summed E-state index contributed by atoms with van der Waals surface area (Å²) in [5.41, 5.74) is 7.39. The van der Waals surface area contributed by atoms with Gasteiger partial charge in [-0.15, -0.1) is 0 Å². The van der Waals surface area contributed by atoms with E-state index in [9.17, 15) is 8.78 Å². The van der Waals surface area contributed by atoms with Crippen LogP contribution >= 0.6 is 15.9 Å². The van der Waals surface area contributed by atoms with E-state index in [0.717, 1.165) is 12.1 Å². The van der Waals surface area contributed by atoms with E-state index in [0.29, 0.717) is 12.2 Å². The first-order chi connectivity index (χ1) is 9.49. The third kappa shape index (κ3) is 2.62. The summed E-state index contributed by atoms with van der Waals surface area (Å²) in [6, 6.07) is 3.44. The van der Waals surface area contributed by atoms with Crippen LogP contribution in [0.15, 0.2) is 22.7 Å². The molecule has 1 aromatic carbocycles. The number of aryl methyl sites for hydroxylation is 2. The van der Waals surface area contributed by atoms with Crippen LogP contribution in [0.5, 0.6) is 0 Å². The second kappa shape index (κ2) is 6.01. The molecule has 108 valence electrons. The van der Waals surface area contributed by atoms with Crippen molar-refractivity contribution < 1.29 is 8.78 Å². The molecule has 0 aliphatic rings. The fourth-order valence-electron chi connectivity index (χ4n) is 2.14. The molecule has 1 atom stereocenters. The van der Waals surface area contributed by atoms with Crippen molar-refractivity contribution in [3.63, 3.8) is 0 Å². The molecule has 0 aliphatic carbocycles. The van der Waals surface area contributed by atoms with Crippen molar-refractivity contribution in [1.29, 1.82) is 0 Å². The van der Waals surface area contributed by atoms with Crippen LogP contribution in [0.1, 0.15) is 36.8 Å². The fourth-order valence-corrected chi connectivity index (χ4v) is 2.48. The molecule has 2 aromatic rings. The Bertz CT molecular complexity index is 625. The fraction of sp³-hybridized carbons (Fsp3) is 0.357. The zero-order valence-corrected chi connectivity index (χ0v) is 12.9. The van der Waals surface area contributed by atoms with Gasteiger partial charge in [-0.3, -0.25) is 4.68 Å². The lowest BCUT2D eigenvalue weighted by atomic mass is 10.0. The highest BCUT2D eigenvalue weighted by Gasteiger charge is 2.23. The van der Waals surface area contributed by atoms with Crippen molar-refractivity contribution in [3.8, 4) is 0 Å². The topological polar surface area (TPSA) is 43.8 Å². The molecule has 0 saturated heterocycles. The first-order valence-electron chi connectivity index (χ1n) is 6.45. The second-order valence-corrected chi connectivity index (χ2v) is 5.32. The Labute approximate surface area is 124 Å². The Balaban J connectivity index is 2.54. The van der Waals surface area contributed by atoms with E-state index < -0.39 is 17.7 Å². The van der Waals surface area contributed by atoms with Crippen LogP contribution in [-0.4, -0.2) is 9.78 Å². The molecule has 0 amide bonds. The van der Waals surface area contributed by atoms with Gasteiger partial charge in [-0.05, 0) is 47.5 Å². The maximum atomic E-state index is 14.1. The number of nitrogens with zero attached hydrogens (tertiary/aromatic N) is 2. The van der Waals surface area contributed by atoms with E-state index >= 15 is 0 Å². The molecule has 0 spiro atoms. The Kier molecular flexibility index (Phi) is 4.55. The van der Waals surface area contributed by atoms with Gasteiger partial charge in [0.15, 0.2) is 0 Å². The summed E-state index contributed by atoms with van der Waals surface area (Å²) < 4.78 is 29.9. The molecular formula is C14H16BrF2N3. The van der Waals surface area contributed by atoms with Crippen molar-refractivity contribution in [2.45, 2.75) is 32.9 Å². The average Bonchev–Trinajstić information content (AvgIpc) is 2.86. The molecule has 0 aliphatic heterocycles. The minimum Gasteiger partial charge on any atom is -0.319 e. The van der Waals surface area contributed by atoms with E-state index in [1.807, 2.05) is 13.8 Å². The molecule has 6 heteroatoms. The normalized spacial score (nSPS) is 12.7. The summed E-state index contributed by atoms with van der Waals surface area (Å²) in [7, 11) is 0. The summed E-state index contributed by atoms with van der Waals surface area (Å²) >= 11 is 3.06. The second-order valence-electron chi connectivity index (χ2n) is 4.46. The van der Waals surface area contributed by atoms with Gasteiger partial charge in [0.1, 0.15) is 11.6 Å². The minimum absolute atomic E-state index is 0.142. The van der Waals surface area contributed by atoms with Crippen molar-refractivity contribution in [2.24, 2.45) is 5.73 Å². The molecule has 0 radical (unpaired) electrons. The maximum Gasteiger partial charge on any atom is 0.145 e. The van der Waals surface area contributed by atoms with Crippen molar-refractivity contribution >= 4 is 15.9 Å². The highest BCUT2D eigenvalue weighted by atomic mass is 79.9. The zero-order valence-electron chi connectivity index (χ0n) is 11.3. The van der Waals surface area contributed by atoms with Crippen molar-refractivity contribution in [2.75, 3.05) is 0 Å². The lowest BCUT2D eigenvalue weighted by Crippen LogP contribution is -2.20. The summed E-state index contributed by atoms with van der Waals surface area (Å²) in [5, 5.41) is 4.36. The number of hydrogen-bond acceptors (Lipinski definition) is 2. The van der Waals surface area contributed by atoms with Crippen LogP contribution in [0.25, 0.3) is 0 Å². The number of nitrogens with two attached hydrogens (primary N) is 1. The summed E-state index contributed by atoms with van der Waals surface area (Å²) in [6.45, 7) is 4.48. The van der Waals surface area contributed by atoms with Gasteiger partial charge in [0.05, 0.1) is 21.9 Å². The SMILES string of the molecule is CCc1cc(C(N)c2c(F)ccc(Br)c2F)n(CC)n1. The maximum absolute atomic E-state index is 14.1. The van der Waals surface area contributed by atoms with Gasteiger partial charge in [-0.25, -0.2) is 8.78 Å². The number of aromatic nitrogens is 2. The van der Waals surface area contributed by atoms with Gasteiger partial charge >= 0.3 is 0 Å². The Morgan fingerprint density at radius 2 is 2.05 bits per heavy atom. The highest BCUT2D eigenvalue weighted by molar-refractivity contribution is 9.10. The predicted octanol–water partition coefficient (Wildman–Crippen LogP) is 3.55. The Morgan fingerprint density at radius 3 is 2.65 bits per heavy atom. The smallest absolute Gasteiger partial charge is 0.145 e. The van der Waals surface area contributed by atoms with E-state index in [1.165, 1.54) is 12.1 Å². The van der Waals surface area contributed by atoms with Crippen LogP contribution in [0.3, 0.4) is 0 Å². The number of benzene rings is 1. The molecule has 0 saturated carbocycles. The monoisotopic (exact) mass is 343 g/mol. The largest absolute Gasteiger partial charge is 0.319 e. The lowest BCUT2D eigenvalue weighted by molar-refractivity contribution is 0.521. The quantitative estimate of drug-likeness (QED) is 0.862. The first-order valence-corrected chi connectivity index (χ1v) is 7.24. The summed E-state index contributed by atoms with van der Waals surface area (Å²) in [5.74, 6) is -1.32. The highest BCUT2D eigenvalue weighted by Crippen LogP contribution is 2.29. The molecule has 2 rings (SSSR count). The van der Waals surface area contributed by atoms with Crippen molar-refractivity contribution in [3.05, 3.63) is 51.3 Å². The summed E-state index contributed by atoms with van der Waals surface area (Å²) in [6.07, 6.45) is 0.746. The predicted molar refractivity (Wildman–Crippen MR) is 77.4 cm³/mol.